The molecule has 2 heterocycles. The van der Waals surface area contributed by atoms with E-state index in [9.17, 15) is 9.59 Å². The largest absolute Gasteiger partial charge is 0.454 e. The third-order valence-corrected chi connectivity index (χ3v) is 5.52. The number of nitrogens with one attached hydrogen (secondary N) is 1. The Hall–Kier alpha value is -2.28. The zero-order valence-corrected chi connectivity index (χ0v) is 16.0. The Balaban J connectivity index is 1.31. The quantitative estimate of drug-likeness (QED) is 0.790. The molecular formula is C20H27N3O4. The summed E-state index contributed by atoms with van der Waals surface area (Å²) in [7, 11) is 0. The molecule has 3 aliphatic rings. The van der Waals surface area contributed by atoms with Gasteiger partial charge >= 0.3 is 0 Å². The third kappa shape index (κ3) is 3.60. The summed E-state index contributed by atoms with van der Waals surface area (Å²) in [6.45, 7) is 7.90. The topological polar surface area (TPSA) is 71.1 Å². The highest BCUT2D eigenvalue weighted by molar-refractivity contribution is 6.08. The highest BCUT2D eigenvalue weighted by Gasteiger charge is 2.58. The predicted molar refractivity (Wildman–Crippen MR) is 99.4 cm³/mol. The molecule has 0 bridgehead atoms. The van der Waals surface area contributed by atoms with Gasteiger partial charge in [-0.1, -0.05) is 6.07 Å². The number of carbonyl (C=O) groups is 2. The van der Waals surface area contributed by atoms with E-state index in [2.05, 4.69) is 16.3 Å². The van der Waals surface area contributed by atoms with Crippen molar-refractivity contribution in [2.45, 2.75) is 39.3 Å². The first-order valence-electron chi connectivity index (χ1n) is 9.69. The molecule has 7 heteroatoms. The van der Waals surface area contributed by atoms with E-state index in [0.717, 1.165) is 31.1 Å². The summed E-state index contributed by atoms with van der Waals surface area (Å²) in [4.78, 5) is 29.5. The number of carbonyl (C=O) groups excluding carboxylic acids is 2. The lowest BCUT2D eigenvalue weighted by Crippen LogP contribution is -2.53. The predicted octanol–water partition coefficient (Wildman–Crippen LogP) is 1.36. The number of piperazine rings is 1. The first kappa shape index (κ1) is 18.1. The molecular weight excluding hydrogens is 346 g/mol. The summed E-state index contributed by atoms with van der Waals surface area (Å²) in [6.07, 6.45) is 1.34. The van der Waals surface area contributed by atoms with Gasteiger partial charge in [0.05, 0.1) is 0 Å². The number of ether oxygens (including phenoxy) is 2. The monoisotopic (exact) mass is 373 g/mol. The molecule has 1 aromatic rings. The molecule has 0 aromatic heterocycles. The van der Waals surface area contributed by atoms with Gasteiger partial charge in [0.25, 0.3) is 0 Å². The van der Waals surface area contributed by atoms with Crippen molar-refractivity contribution in [1.82, 2.24) is 15.1 Å². The standard InChI is InChI=1S/C20H27N3O4/c1-14(2)21-18(24)20(5-6-20)19(25)23-9-7-22(8-10-23)12-15-3-4-16-17(11-15)27-13-26-16/h3-4,11,14H,5-10,12-13H2,1-2H3,(H,21,24). The van der Waals surface area contributed by atoms with Gasteiger partial charge < -0.3 is 19.7 Å². The molecule has 146 valence electrons. The Kier molecular flexibility index (Phi) is 4.72. The van der Waals surface area contributed by atoms with Gasteiger partial charge in [0.1, 0.15) is 5.41 Å². The normalized spacial score (nSPS) is 20.6. The number of fused-ring (bicyclic) bond motifs is 1. The fourth-order valence-electron chi connectivity index (χ4n) is 3.77. The Labute approximate surface area is 159 Å². The van der Waals surface area contributed by atoms with Gasteiger partial charge in [0.15, 0.2) is 11.5 Å². The maximum absolute atomic E-state index is 12.9. The molecule has 1 N–H and O–H groups in total. The van der Waals surface area contributed by atoms with Crippen LogP contribution < -0.4 is 14.8 Å². The number of rotatable bonds is 5. The van der Waals surface area contributed by atoms with Crippen molar-refractivity contribution < 1.29 is 19.1 Å². The molecule has 1 aliphatic carbocycles. The van der Waals surface area contributed by atoms with Gasteiger partial charge in [-0.05, 0) is 44.4 Å². The molecule has 27 heavy (non-hydrogen) atoms. The first-order valence-corrected chi connectivity index (χ1v) is 9.69. The smallest absolute Gasteiger partial charge is 0.238 e. The lowest BCUT2D eigenvalue weighted by Gasteiger charge is -2.36. The van der Waals surface area contributed by atoms with Crippen LogP contribution in [0.1, 0.15) is 32.3 Å². The van der Waals surface area contributed by atoms with Gasteiger partial charge in [0.2, 0.25) is 18.6 Å². The SMILES string of the molecule is CC(C)NC(=O)C1(C(=O)N2CCN(Cc3ccc4c(c3)OCO4)CC2)CC1. The van der Waals surface area contributed by atoms with Gasteiger partial charge in [-0.15, -0.1) is 0 Å². The molecule has 0 unspecified atom stereocenters. The van der Waals surface area contributed by atoms with Crippen molar-refractivity contribution in [2.24, 2.45) is 5.41 Å². The Morgan fingerprint density at radius 2 is 1.81 bits per heavy atom. The Bertz CT molecular complexity index is 737. The molecule has 4 rings (SSSR count). The summed E-state index contributed by atoms with van der Waals surface area (Å²) < 4.78 is 10.8. The minimum atomic E-state index is -0.802. The Morgan fingerprint density at radius 3 is 2.48 bits per heavy atom. The minimum Gasteiger partial charge on any atom is -0.454 e. The molecule has 1 saturated heterocycles. The summed E-state index contributed by atoms with van der Waals surface area (Å²) in [5.74, 6) is 1.49. The second kappa shape index (κ2) is 7.03. The average Bonchev–Trinajstić information content (AvgIpc) is 3.33. The maximum Gasteiger partial charge on any atom is 0.238 e. The lowest BCUT2D eigenvalue weighted by atomic mass is 10.0. The van der Waals surface area contributed by atoms with Crippen LogP contribution in [-0.2, 0) is 16.1 Å². The zero-order chi connectivity index (χ0) is 19.0. The van der Waals surface area contributed by atoms with E-state index >= 15 is 0 Å². The fourth-order valence-corrected chi connectivity index (χ4v) is 3.77. The van der Waals surface area contributed by atoms with Gasteiger partial charge in [-0.25, -0.2) is 0 Å². The van der Waals surface area contributed by atoms with Crippen LogP contribution in [0.5, 0.6) is 11.5 Å². The number of amides is 2. The van der Waals surface area contributed by atoms with E-state index < -0.39 is 5.41 Å². The fraction of sp³-hybridized carbons (Fsp3) is 0.600. The lowest BCUT2D eigenvalue weighted by molar-refractivity contribution is -0.145. The summed E-state index contributed by atoms with van der Waals surface area (Å²) in [5.41, 5.74) is 0.373. The van der Waals surface area contributed by atoms with Crippen LogP contribution >= 0.6 is 0 Å². The van der Waals surface area contributed by atoms with Crippen LogP contribution in [-0.4, -0.2) is 60.6 Å². The summed E-state index contributed by atoms with van der Waals surface area (Å²) >= 11 is 0. The van der Waals surface area contributed by atoms with Crippen molar-refractivity contribution in [3.8, 4) is 11.5 Å². The molecule has 7 nitrogen and oxygen atoms in total. The molecule has 0 spiro atoms. The molecule has 1 saturated carbocycles. The van der Waals surface area contributed by atoms with E-state index in [-0.39, 0.29) is 24.6 Å². The minimum absolute atomic E-state index is 0.00313. The van der Waals surface area contributed by atoms with Crippen LogP contribution in [0.4, 0.5) is 0 Å². The second-order valence-electron chi connectivity index (χ2n) is 7.97. The van der Waals surface area contributed by atoms with Crippen molar-refractivity contribution in [3.05, 3.63) is 23.8 Å². The van der Waals surface area contributed by atoms with E-state index in [1.165, 1.54) is 5.56 Å². The molecule has 0 atom stereocenters. The number of benzene rings is 1. The van der Waals surface area contributed by atoms with Crippen LogP contribution in [0.15, 0.2) is 18.2 Å². The van der Waals surface area contributed by atoms with Crippen LogP contribution in [0.25, 0.3) is 0 Å². The Morgan fingerprint density at radius 1 is 1.11 bits per heavy atom. The number of nitrogens with zero attached hydrogens (tertiary/aromatic N) is 2. The van der Waals surface area contributed by atoms with Crippen molar-refractivity contribution in [1.29, 1.82) is 0 Å². The van der Waals surface area contributed by atoms with Crippen LogP contribution in [0.2, 0.25) is 0 Å². The van der Waals surface area contributed by atoms with Crippen LogP contribution in [0, 0.1) is 5.41 Å². The molecule has 2 fully saturated rings. The number of hydrogen-bond acceptors (Lipinski definition) is 5. The highest BCUT2D eigenvalue weighted by Crippen LogP contribution is 2.47. The second-order valence-corrected chi connectivity index (χ2v) is 7.97. The van der Waals surface area contributed by atoms with E-state index in [0.29, 0.717) is 25.9 Å². The first-order chi connectivity index (χ1) is 13.0. The van der Waals surface area contributed by atoms with Gasteiger partial charge in [-0.3, -0.25) is 14.5 Å². The van der Waals surface area contributed by atoms with Crippen molar-refractivity contribution >= 4 is 11.8 Å². The molecule has 2 aliphatic heterocycles. The van der Waals surface area contributed by atoms with Crippen molar-refractivity contribution in [2.75, 3.05) is 33.0 Å². The van der Waals surface area contributed by atoms with Crippen molar-refractivity contribution in [3.63, 3.8) is 0 Å². The zero-order valence-electron chi connectivity index (χ0n) is 16.0. The molecule has 0 radical (unpaired) electrons. The average molecular weight is 373 g/mol. The summed E-state index contributed by atoms with van der Waals surface area (Å²) in [5, 5.41) is 2.91. The van der Waals surface area contributed by atoms with E-state index in [4.69, 9.17) is 9.47 Å². The van der Waals surface area contributed by atoms with Gasteiger partial charge in [0, 0.05) is 38.8 Å². The molecule has 2 amide bonds. The van der Waals surface area contributed by atoms with E-state index in [1.54, 1.807) is 0 Å². The highest BCUT2D eigenvalue weighted by atomic mass is 16.7. The van der Waals surface area contributed by atoms with Gasteiger partial charge in [-0.2, -0.15) is 0 Å². The molecule has 1 aromatic carbocycles. The maximum atomic E-state index is 12.9. The summed E-state index contributed by atoms with van der Waals surface area (Å²) in [6, 6.07) is 6.08. The van der Waals surface area contributed by atoms with E-state index in [1.807, 2.05) is 30.9 Å². The van der Waals surface area contributed by atoms with Crippen LogP contribution in [0.3, 0.4) is 0 Å². The number of hydrogen-bond donors (Lipinski definition) is 1. The third-order valence-electron chi connectivity index (χ3n) is 5.52.